The molecule has 1 aromatic heterocycles. The number of hydrogen-bond donors (Lipinski definition) is 0. The summed E-state index contributed by atoms with van der Waals surface area (Å²) in [5, 5.41) is 8.79. The molecule has 3 nitrogen and oxygen atoms in total. The first kappa shape index (κ1) is 10.3. The molecule has 2 rings (SSSR count). The zero-order valence-corrected chi connectivity index (χ0v) is 9.23. The van der Waals surface area contributed by atoms with Gasteiger partial charge in [-0.3, -0.25) is 0 Å². The molecule has 0 unspecified atom stereocenters. The number of nitrogens with zero attached hydrogens (tertiary/aromatic N) is 3. The predicted octanol–water partition coefficient (Wildman–Crippen LogP) is 2.63. The topological polar surface area (TPSA) is 49.6 Å². The van der Waals surface area contributed by atoms with Crippen molar-refractivity contribution in [2.24, 2.45) is 0 Å². The molecule has 16 heavy (non-hydrogen) atoms. The minimum atomic E-state index is 0.524. The first-order valence-corrected chi connectivity index (χ1v) is 5.01. The maximum Gasteiger partial charge on any atom is 0.159 e. The van der Waals surface area contributed by atoms with E-state index in [-0.39, 0.29) is 0 Å². The first-order valence-electron chi connectivity index (χ1n) is 5.01. The Labute approximate surface area is 94.4 Å². The van der Waals surface area contributed by atoms with Crippen molar-refractivity contribution in [3.05, 3.63) is 47.3 Å². The van der Waals surface area contributed by atoms with Crippen LogP contribution in [0.5, 0.6) is 0 Å². The quantitative estimate of drug-likeness (QED) is 0.725. The molecule has 3 heteroatoms. The second-order valence-corrected chi connectivity index (χ2v) is 3.67. The van der Waals surface area contributed by atoms with Gasteiger partial charge in [0, 0.05) is 11.8 Å². The number of aromatic nitrogens is 2. The third-order valence-corrected chi connectivity index (χ3v) is 2.41. The Morgan fingerprint density at radius 1 is 1.12 bits per heavy atom. The van der Waals surface area contributed by atoms with E-state index in [2.05, 4.69) is 16.0 Å². The van der Waals surface area contributed by atoms with Gasteiger partial charge in [0.15, 0.2) is 5.82 Å². The standard InChI is InChI=1S/C13H11N3/c1-9-3-5-11(6-4-9)13-15-8-12(7-14)10(2)16-13/h3-6,8H,1-2H3. The fraction of sp³-hybridized carbons (Fsp3) is 0.154. The van der Waals surface area contributed by atoms with Crippen LogP contribution in [0.25, 0.3) is 11.4 Å². The van der Waals surface area contributed by atoms with E-state index in [0.29, 0.717) is 17.1 Å². The van der Waals surface area contributed by atoms with Crippen molar-refractivity contribution in [3.63, 3.8) is 0 Å². The fourth-order valence-electron chi connectivity index (χ4n) is 1.42. The maximum atomic E-state index is 8.79. The predicted molar refractivity (Wildman–Crippen MR) is 61.7 cm³/mol. The van der Waals surface area contributed by atoms with Crippen molar-refractivity contribution in [3.8, 4) is 17.5 Å². The molecule has 0 bridgehead atoms. The lowest BCUT2D eigenvalue weighted by Crippen LogP contribution is -1.94. The van der Waals surface area contributed by atoms with Gasteiger partial charge in [-0.1, -0.05) is 29.8 Å². The second-order valence-electron chi connectivity index (χ2n) is 3.67. The maximum absolute atomic E-state index is 8.79. The molecule has 0 spiro atoms. The van der Waals surface area contributed by atoms with Crippen LogP contribution >= 0.6 is 0 Å². The summed E-state index contributed by atoms with van der Waals surface area (Å²) in [6.07, 6.45) is 1.57. The molecule has 1 heterocycles. The Bertz CT molecular complexity index is 550. The summed E-state index contributed by atoms with van der Waals surface area (Å²) in [6, 6.07) is 10.1. The van der Waals surface area contributed by atoms with Crippen molar-refractivity contribution < 1.29 is 0 Å². The monoisotopic (exact) mass is 209 g/mol. The van der Waals surface area contributed by atoms with E-state index in [0.717, 1.165) is 5.56 Å². The van der Waals surface area contributed by atoms with E-state index in [1.165, 1.54) is 5.56 Å². The third kappa shape index (κ3) is 1.91. The molecular formula is C13H11N3. The zero-order valence-electron chi connectivity index (χ0n) is 9.23. The van der Waals surface area contributed by atoms with Crippen molar-refractivity contribution >= 4 is 0 Å². The number of rotatable bonds is 1. The van der Waals surface area contributed by atoms with Crippen LogP contribution in [0.2, 0.25) is 0 Å². The van der Waals surface area contributed by atoms with Gasteiger partial charge < -0.3 is 0 Å². The second kappa shape index (κ2) is 4.11. The highest BCUT2D eigenvalue weighted by Crippen LogP contribution is 2.16. The van der Waals surface area contributed by atoms with Gasteiger partial charge in [-0.15, -0.1) is 0 Å². The Kier molecular flexibility index (Phi) is 2.65. The van der Waals surface area contributed by atoms with Gasteiger partial charge in [-0.2, -0.15) is 5.26 Å². The molecular weight excluding hydrogens is 198 g/mol. The van der Waals surface area contributed by atoms with E-state index in [1.54, 1.807) is 6.20 Å². The normalized spacial score (nSPS) is 9.81. The van der Waals surface area contributed by atoms with Crippen LogP contribution in [0, 0.1) is 25.2 Å². The molecule has 78 valence electrons. The van der Waals surface area contributed by atoms with Crippen molar-refractivity contribution in [1.82, 2.24) is 9.97 Å². The van der Waals surface area contributed by atoms with Crippen LogP contribution in [0.4, 0.5) is 0 Å². The number of benzene rings is 1. The van der Waals surface area contributed by atoms with Gasteiger partial charge in [-0.25, -0.2) is 9.97 Å². The van der Waals surface area contributed by atoms with Crippen molar-refractivity contribution in [2.45, 2.75) is 13.8 Å². The summed E-state index contributed by atoms with van der Waals surface area (Å²) < 4.78 is 0. The lowest BCUT2D eigenvalue weighted by Gasteiger charge is -2.02. The average Bonchev–Trinajstić information content (AvgIpc) is 2.30. The molecule has 0 atom stereocenters. The highest BCUT2D eigenvalue weighted by Gasteiger charge is 2.04. The summed E-state index contributed by atoms with van der Waals surface area (Å²) in [5.74, 6) is 0.663. The largest absolute Gasteiger partial charge is 0.235 e. The summed E-state index contributed by atoms with van der Waals surface area (Å²) in [5.41, 5.74) is 3.41. The number of hydrogen-bond acceptors (Lipinski definition) is 3. The van der Waals surface area contributed by atoms with E-state index < -0.39 is 0 Å². The van der Waals surface area contributed by atoms with Crippen LogP contribution in [-0.4, -0.2) is 9.97 Å². The molecule has 0 saturated carbocycles. The molecule has 0 aliphatic carbocycles. The van der Waals surface area contributed by atoms with Gasteiger partial charge in [0.25, 0.3) is 0 Å². The average molecular weight is 209 g/mol. The van der Waals surface area contributed by atoms with E-state index in [1.807, 2.05) is 38.1 Å². The smallest absolute Gasteiger partial charge is 0.159 e. The highest BCUT2D eigenvalue weighted by atomic mass is 14.9. The van der Waals surface area contributed by atoms with Crippen molar-refractivity contribution in [1.29, 1.82) is 5.26 Å². The molecule has 0 saturated heterocycles. The van der Waals surface area contributed by atoms with Gasteiger partial charge >= 0.3 is 0 Å². The van der Waals surface area contributed by atoms with Gasteiger partial charge in [0.1, 0.15) is 6.07 Å². The van der Waals surface area contributed by atoms with Gasteiger partial charge in [-0.05, 0) is 13.8 Å². The van der Waals surface area contributed by atoms with Crippen molar-refractivity contribution in [2.75, 3.05) is 0 Å². The summed E-state index contributed by atoms with van der Waals surface area (Å²) in [4.78, 5) is 8.49. The highest BCUT2D eigenvalue weighted by molar-refractivity contribution is 5.56. The fourth-order valence-corrected chi connectivity index (χ4v) is 1.42. The summed E-state index contributed by atoms with van der Waals surface area (Å²) in [6.45, 7) is 3.85. The number of aryl methyl sites for hydroxylation is 2. The molecule has 0 N–H and O–H groups in total. The number of nitriles is 1. The Morgan fingerprint density at radius 3 is 2.38 bits per heavy atom. The first-order chi connectivity index (χ1) is 7.70. The Hall–Kier alpha value is -2.21. The SMILES string of the molecule is Cc1ccc(-c2ncc(C#N)c(C)n2)cc1. The minimum Gasteiger partial charge on any atom is -0.235 e. The minimum absolute atomic E-state index is 0.524. The molecule has 0 fully saturated rings. The summed E-state index contributed by atoms with van der Waals surface area (Å²) in [7, 11) is 0. The molecule has 0 amide bonds. The van der Waals surface area contributed by atoms with E-state index >= 15 is 0 Å². The van der Waals surface area contributed by atoms with Gasteiger partial charge in [0.05, 0.1) is 11.3 Å². The van der Waals surface area contributed by atoms with Crippen LogP contribution in [-0.2, 0) is 0 Å². The lowest BCUT2D eigenvalue weighted by molar-refractivity contribution is 1.09. The Morgan fingerprint density at radius 2 is 1.81 bits per heavy atom. The molecule has 0 aliphatic heterocycles. The van der Waals surface area contributed by atoms with Crippen LogP contribution < -0.4 is 0 Å². The van der Waals surface area contributed by atoms with E-state index in [9.17, 15) is 0 Å². The summed E-state index contributed by atoms with van der Waals surface area (Å²) >= 11 is 0. The lowest BCUT2D eigenvalue weighted by atomic mass is 10.1. The Balaban J connectivity index is 2.46. The van der Waals surface area contributed by atoms with Crippen LogP contribution in [0.1, 0.15) is 16.8 Å². The zero-order chi connectivity index (χ0) is 11.5. The third-order valence-electron chi connectivity index (χ3n) is 2.41. The molecule has 2 aromatic rings. The van der Waals surface area contributed by atoms with E-state index in [4.69, 9.17) is 5.26 Å². The van der Waals surface area contributed by atoms with Crippen LogP contribution in [0.3, 0.4) is 0 Å². The molecule has 1 aromatic carbocycles. The molecule has 0 aliphatic rings. The van der Waals surface area contributed by atoms with Gasteiger partial charge in [0.2, 0.25) is 0 Å². The molecule has 0 radical (unpaired) electrons. The van der Waals surface area contributed by atoms with Crippen LogP contribution in [0.15, 0.2) is 30.5 Å².